The van der Waals surface area contributed by atoms with Gasteiger partial charge in [-0.05, 0) is 35.4 Å². The van der Waals surface area contributed by atoms with Crippen LogP contribution in [0.5, 0.6) is 5.88 Å². The van der Waals surface area contributed by atoms with E-state index in [9.17, 15) is 10.1 Å². The van der Waals surface area contributed by atoms with Crippen LogP contribution in [0.15, 0.2) is 60.9 Å². The van der Waals surface area contributed by atoms with Crippen molar-refractivity contribution in [2.45, 2.75) is 6.54 Å². The lowest BCUT2D eigenvalue weighted by Gasteiger charge is -2.07. The van der Waals surface area contributed by atoms with Crippen molar-refractivity contribution in [2.75, 3.05) is 7.11 Å². The summed E-state index contributed by atoms with van der Waals surface area (Å²) in [4.78, 5) is 15.3. The van der Waals surface area contributed by atoms with Gasteiger partial charge in [0.2, 0.25) is 5.88 Å². The predicted octanol–water partition coefficient (Wildman–Crippen LogP) is 5.65. The Hall–Kier alpha value is -4.15. The minimum Gasteiger partial charge on any atom is -0.481 e. The molecule has 8 heteroatoms. The van der Waals surface area contributed by atoms with Gasteiger partial charge in [-0.2, -0.15) is 5.26 Å². The van der Waals surface area contributed by atoms with Crippen LogP contribution in [-0.2, 0) is 6.54 Å². The first-order chi connectivity index (χ1) is 15.9. The number of rotatable bonds is 6. The molecule has 164 valence electrons. The highest BCUT2D eigenvalue weighted by atomic mass is 35.5. The van der Waals surface area contributed by atoms with Gasteiger partial charge in [0.05, 0.1) is 34.9 Å². The number of methoxy groups -OCH3 is 1. The fraction of sp³-hybridized carbons (Fsp3) is 0.0800. The molecule has 2 aromatic carbocycles. The summed E-state index contributed by atoms with van der Waals surface area (Å²) in [5.41, 5.74) is 2.75. The first-order valence-corrected chi connectivity index (χ1v) is 10.2. The van der Waals surface area contributed by atoms with Gasteiger partial charge in [-0.25, -0.2) is 14.2 Å². The number of hydrogen-bond donors (Lipinski definition) is 1. The average molecular weight is 462 g/mol. The molecule has 0 atom stereocenters. The van der Waals surface area contributed by atoms with Crippen LogP contribution in [0.3, 0.4) is 0 Å². The zero-order chi connectivity index (χ0) is 23.5. The molecular formula is C25H17ClFN3O3. The third kappa shape index (κ3) is 4.43. The molecule has 0 radical (unpaired) electrons. The molecule has 2 heterocycles. The van der Waals surface area contributed by atoms with Gasteiger partial charge in [0.25, 0.3) is 0 Å². The van der Waals surface area contributed by atoms with Gasteiger partial charge in [0, 0.05) is 36.0 Å². The number of aromatic nitrogens is 2. The van der Waals surface area contributed by atoms with Crippen molar-refractivity contribution in [1.29, 1.82) is 5.26 Å². The zero-order valence-corrected chi connectivity index (χ0v) is 18.2. The monoisotopic (exact) mass is 461 g/mol. The van der Waals surface area contributed by atoms with E-state index >= 15 is 4.39 Å². The molecule has 0 aliphatic heterocycles. The first-order valence-electron chi connectivity index (χ1n) is 9.82. The maximum Gasteiger partial charge on any atom is 0.335 e. The molecule has 0 spiro atoms. The first kappa shape index (κ1) is 22.1. The van der Waals surface area contributed by atoms with Gasteiger partial charge < -0.3 is 14.4 Å². The summed E-state index contributed by atoms with van der Waals surface area (Å²) < 4.78 is 21.8. The number of aromatic carboxylic acids is 1. The van der Waals surface area contributed by atoms with E-state index in [1.165, 1.54) is 25.3 Å². The number of carbonyl (C=O) groups is 1. The highest BCUT2D eigenvalue weighted by molar-refractivity contribution is 6.31. The van der Waals surface area contributed by atoms with E-state index in [2.05, 4.69) is 11.1 Å². The van der Waals surface area contributed by atoms with E-state index in [0.29, 0.717) is 40.0 Å². The lowest BCUT2D eigenvalue weighted by molar-refractivity contribution is 0.0697. The standard InChI is InChI=1S/C25H17ClFN3O3/c1-33-22-9-2-15(12-29-22)13-30-14-19(20-7-8-21(26)23(27)24(20)30)10-18(11-28)16-3-5-17(6-4-16)25(31)32/h2-10,12,14H,13H2,1H3,(H,31,32)/b18-10+. The van der Waals surface area contributed by atoms with Crippen molar-refractivity contribution in [3.8, 4) is 11.9 Å². The number of hydrogen-bond acceptors (Lipinski definition) is 4. The molecule has 2 aromatic heterocycles. The van der Waals surface area contributed by atoms with Crippen molar-refractivity contribution in [3.63, 3.8) is 0 Å². The van der Waals surface area contributed by atoms with Crippen molar-refractivity contribution >= 4 is 40.1 Å². The fourth-order valence-electron chi connectivity index (χ4n) is 3.55. The van der Waals surface area contributed by atoms with Crippen LogP contribution in [0.4, 0.5) is 4.39 Å². The van der Waals surface area contributed by atoms with Crippen LogP contribution >= 0.6 is 11.6 Å². The molecule has 4 aromatic rings. The lowest BCUT2D eigenvalue weighted by atomic mass is 10.0. The number of ether oxygens (including phenoxy) is 1. The second-order valence-electron chi connectivity index (χ2n) is 7.23. The third-order valence-corrected chi connectivity index (χ3v) is 5.48. The number of pyridine rings is 1. The number of halogens is 2. The number of carboxylic acid groups (broad SMARTS) is 1. The maximum absolute atomic E-state index is 15.0. The van der Waals surface area contributed by atoms with Crippen molar-refractivity contribution in [2.24, 2.45) is 0 Å². The molecule has 4 rings (SSSR count). The molecule has 0 aliphatic carbocycles. The minimum absolute atomic E-state index is 0.00463. The second-order valence-corrected chi connectivity index (χ2v) is 7.64. The summed E-state index contributed by atoms with van der Waals surface area (Å²) >= 11 is 6.05. The fourth-order valence-corrected chi connectivity index (χ4v) is 3.70. The summed E-state index contributed by atoms with van der Waals surface area (Å²) in [6.07, 6.45) is 5.04. The average Bonchev–Trinajstić information content (AvgIpc) is 3.17. The number of carboxylic acids is 1. The molecule has 0 fully saturated rings. The molecule has 0 aliphatic rings. The summed E-state index contributed by atoms with van der Waals surface area (Å²) in [7, 11) is 1.53. The SMILES string of the molecule is COc1ccc(Cn2cc(/C=C(\C#N)c3ccc(C(=O)O)cc3)c3ccc(Cl)c(F)c32)cn1. The quantitative estimate of drug-likeness (QED) is 0.375. The third-order valence-electron chi connectivity index (χ3n) is 5.18. The molecule has 0 saturated carbocycles. The highest BCUT2D eigenvalue weighted by Crippen LogP contribution is 2.32. The number of benzene rings is 2. The highest BCUT2D eigenvalue weighted by Gasteiger charge is 2.16. The molecule has 1 N–H and O–H groups in total. The topological polar surface area (TPSA) is 88.1 Å². The van der Waals surface area contributed by atoms with E-state index in [1.54, 1.807) is 47.3 Å². The molecule has 0 bridgehead atoms. The van der Waals surface area contributed by atoms with Crippen molar-refractivity contribution < 1.29 is 19.0 Å². The largest absolute Gasteiger partial charge is 0.481 e. The smallest absolute Gasteiger partial charge is 0.335 e. The Morgan fingerprint density at radius 2 is 1.94 bits per heavy atom. The van der Waals surface area contributed by atoms with Gasteiger partial charge in [-0.3, -0.25) is 0 Å². The Labute approximate surface area is 193 Å². The van der Waals surface area contributed by atoms with Gasteiger partial charge in [-0.1, -0.05) is 35.9 Å². The molecule has 33 heavy (non-hydrogen) atoms. The Kier molecular flexibility index (Phi) is 6.11. The number of nitriles is 1. The zero-order valence-electron chi connectivity index (χ0n) is 17.4. The van der Waals surface area contributed by atoms with Crippen molar-refractivity contribution in [3.05, 3.63) is 94.0 Å². The van der Waals surface area contributed by atoms with Crippen molar-refractivity contribution in [1.82, 2.24) is 9.55 Å². The normalized spacial score (nSPS) is 11.4. The van der Waals surface area contributed by atoms with Gasteiger partial charge in [0.1, 0.15) is 0 Å². The van der Waals surface area contributed by atoms with Gasteiger partial charge in [-0.15, -0.1) is 0 Å². The summed E-state index contributed by atoms with van der Waals surface area (Å²) in [6, 6.07) is 14.9. The van der Waals surface area contributed by atoms with Crippen LogP contribution in [0.1, 0.15) is 27.0 Å². The number of allylic oxidation sites excluding steroid dienone is 1. The Balaban J connectivity index is 1.81. The number of fused-ring (bicyclic) bond motifs is 1. The van der Waals surface area contributed by atoms with E-state index in [-0.39, 0.29) is 10.6 Å². The van der Waals surface area contributed by atoms with Gasteiger partial charge in [0.15, 0.2) is 5.82 Å². The molecular weight excluding hydrogens is 445 g/mol. The van der Waals surface area contributed by atoms with Crippen LogP contribution in [-0.4, -0.2) is 27.7 Å². The van der Waals surface area contributed by atoms with Gasteiger partial charge >= 0.3 is 5.97 Å². The lowest BCUT2D eigenvalue weighted by Crippen LogP contribution is -2.00. The second kappa shape index (κ2) is 9.15. The number of nitrogens with zero attached hydrogens (tertiary/aromatic N) is 3. The molecule has 0 saturated heterocycles. The van der Waals surface area contributed by atoms with Crippen LogP contribution in [0.25, 0.3) is 22.6 Å². The van der Waals surface area contributed by atoms with E-state index in [0.717, 1.165) is 5.56 Å². The Morgan fingerprint density at radius 3 is 2.55 bits per heavy atom. The van der Waals surface area contributed by atoms with Crippen LogP contribution in [0, 0.1) is 17.1 Å². The van der Waals surface area contributed by atoms with E-state index in [1.807, 2.05) is 6.07 Å². The van der Waals surface area contributed by atoms with Crippen LogP contribution < -0.4 is 4.74 Å². The predicted molar refractivity (Wildman–Crippen MR) is 124 cm³/mol. The molecule has 0 unspecified atom stereocenters. The molecule has 0 amide bonds. The minimum atomic E-state index is -1.05. The summed E-state index contributed by atoms with van der Waals surface area (Å²) in [5, 5.41) is 19.4. The molecule has 6 nitrogen and oxygen atoms in total. The van der Waals surface area contributed by atoms with E-state index in [4.69, 9.17) is 21.4 Å². The maximum atomic E-state index is 15.0. The summed E-state index contributed by atoms with van der Waals surface area (Å²) in [5.74, 6) is -1.13. The summed E-state index contributed by atoms with van der Waals surface area (Å²) in [6.45, 7) is 0.327. The Bertz CT molecular complexity index is 1420. The van der Waals surface area contributed by atoms with E-state index < -0.39 is 11.8 Å². The Morgan fingerprint density at radius 1 is 1.21 bits per heavy atom. The van der Waals surface area contributed by atoms with Crippen LogP contribution in [0.2, 0.25) is 5.02 Å².